The number of thiazole rings is 1. The van der Waals surface area contributed by atoms with Crippen LogP contribution >= 0.6 is 11.3 Å². The van der Waals surface area contributed by atoms with Gasteiger partial charge < -0.3 is 4.90 Å². The van der Waals surface area contributed by atoms with Crippen LogP contribution in [0.2, 0.25) is 0 Å². The van der Waals surface area contributed by atoms with Gasteiger partial charge in [-0.3, -0.25) is 0 Å². The summed E-state index contributed by atoms with van der Waals surface area (Å²) in [5.41, 5.74) is 15.4. The highest BCUT2D eigenvalue weighted by Crippen LogP contribution is 2.51. The molecule has 8 aromatic rings. The SMILES string of the molecule is CC1(C)c2ccccc2-c2ccc(N(c3cc(-c4ccccc4)cc(-c4ccccc4)c3)c3ccc4sc(-c5ccccc5)nc4c3)cc21. The number of fused-ring (bicyclic) bond motifs is 4. The van der Waals surface area contributed by atoms with Gasteiger partial charge in [0.2, 0.25) is 0 Å². The molecule has 0 spiro atoms. The average Bonchev–Trinajstić information content (AvgIpc) is 3.69. The van der Waals surface area contributed by atoms with Crippen LogP contribution in [0.1, 0.15) is 25.0 Å². The van der Waals surface area contributed by atoms with E-state index in [0.29, 0.717) is 0 Å². The molecule has 0 amide bonds. The minimum Gasteiger partial charge on any atom is -0.310 e. The van der Waals surface area contributed by atoms with Crippen LogP contribution in [0.3, 0.4) is 0 Å². The van der Waals surface area contributed by atoms with Crippen LogP contribution in [0, 0.1) is 0 Å². The topological polar surface area (TPSA) is 16.1 Å². The molecule has 1 aromatic heterocycles. The highest BCUT2D eigenvalue weighted by Gasteiger charge is 2.35. The van der Waals surface area contributed by atoms with Crippen molar-refractivity contribution in [2.75, 3.05) is 4.90 Å². The van der Waals surface area contributed by atoms with Crippen molar-refractivity contribution in [1.29, 1.82) is 0 Å². The van der Waals surface area contributed by atoms with Gasteiger partial charge in [-0.2, -0.15) is 0 Å². The first-order chi connectivity index (χ1) is 24.0. The summed E-state index contributed by atoms with van der Waals surface area (Å²) in [7, 11) is 0. The Morgan fingerprint density at radius 1 is 0.449 bits per heavy atom. The summed E-state index contributed by atoms with van der Waals surface area (Å²) in [4.78, 5) is 7.56. The maximum absolute atomic E-state index is 5.14. The van der Waals surface area contributed by atoms with Crippen LogP contribution in [-0.2, 0) is 5.41 Å². The monoisotopic (exact) mass is 646 g/mol. The van der Waals surface area contributed by atoms with Gasteiger partial charge >= 0.3 is 0 Å². The van der Waals surface area contributed by atoms with E-state index in [2.05, 4.69) is 189 Å². The van der Waals surface area contributed by atoms with E-state index in [0.717, 1.165) is 33.1 Å². The van der Waals surface area contributed by atoms with E-state index in [1.165, 1.54) is 49.2 Å². The van der Waals surface area contributed by atoms with Gasteiger partial charge in [0.15, 0.2) is 0 Å². The lowest BCUT2D eigenvalue weighted by atomic mass is 9.82. The lowest BCUT2D eigenvalue weighted by Gasteiger charge is -2.29. The molecule has 49 heavy (non-hydrogen) atoms. The van der Waals surface area contributed by atoms with Crippen LogP contribution in [0.5, 0.6) is 0 Å². The zero-order valence-corrected chi connectivity index (χ0v) is 28.3. The Kier molecular flexibility index (Phi) is 7.03. The van der Waals surface area contributed by atoms with Crippen molar-refractivity contribution < 1.29 is 0 Å². The summed E-state index contributed by atoms with van der Waals surface area (Å²) in [5.74, 6) is 0. The van der Waals surface area contributed by atoms with Gasteiger partial charge in [-0.15, -0.1) is 11.3 Å². The van der Waals surface area contributed by atoms with E-state index in [-0.39, 0.29) is 5.41 Å². The van der Waals surface area contributed by atoms with Crippen LogP contribution in [0.15, 0.2) is 170 Å². The summed E-state index contributed by atoms with van der Waals surface area (Å²) in [5, 5.41) is 1.04. The smallest absolute Gasteiger partial charge is 0.124 e. The fourth-order valence-corrected chi connectivity index (χ4v) is 8.32. The first-order valence-corrected chi connectivity index (χ1v) is 17.6. The Balaban J connectivity index is 1.27. The fraction of sp³-hybridized carbons (Fsp3) is 0.0652. The van der Waals surface area contributed by atoms with Crippen molar-refractivity contribution in [3.8, 4) is 44.0 Å². The van der Waals surface area contributed by atoms with Gasteiger partial charge in [-0.05, 0) is 93.0 Å². The maximum Gasteiger partial charge on any atom is 0.124 e. The Labute approximate surface area is 291 Å². The molecule has 0 N–H and O–H groups in total. The molecule has 2 nitrogen and oxygen atoms in total. The van der Waals surface area contributed by atoms with Crippen LogP contribution in [-0.4, -0.2) is 4.98 Å². The summed E-state index contributed by atoms with van der Waals surface area (Å²) in [6.45, 7) is 4.70. The molecular weight excluding hydrogens is 613 g/mol. The van der Waals surface area contributed by atoms with Crippen molar-refractivity contribution in [3.63, 3.8) is 0 Å². The van der Waals surface area contributed by atoms with E-state index < -0.39 is 0 Å². The van der Waals surface area contributed by atoms with E-state index in [1.54, 1.807) is 11.3 Å². The Morgan fingerprint density at radius 2 is 1.00 bits per heavy atom. The van der Waals surface area contributed by atoms with E-state index in [9.17, 15) is 0 Å². The number of hydrogen-bond donors (Lipinski definition) is 0. The highest BCUT2D eigenvalue weighted by atomic mass is 32.1. The summed E-state index contributed by atoms with van der Waals surface area (Å²) in [6.07, 6.45) is 0. The number of benzene rings is 7. The van der Waals surface area contributed by atoms with E-state index >= 15 is 0 Å². The molecule has 0 radical (unpaired) electrons. The predicted molar refractivity (Wildman–Crippen MR) is 208 cm³/mol. The van der Waals surface area contributed by atoms with Crippen LogP contribution in [0.4, 0.5) is 17.1 Å². The standard InChI is InChI=1S/C46H34N2S/c1-46(2)41-21-13-12-20-39(41)40-24-22-36(29-42(40)46)48(37-23-25-44-43(30-37)47-45(49-44)33-18-10-5-11-19-33)38-27-34(31-14-6-3-7-15-31)26-35(28-38)32-16-8-4-9-17-32/h3-30H,1-2H3. The van der Waals surface area contributed by atoms with Gasteiger partial charge in [0, 0.05) is 28.0 Å². The number of anilines is 3. The van der Waals surface area contributed by atoms with Crippen LogP contribution in [0.25, 0.3) is 54.2 Å². The Bertz CT molecular complexity index is 2400. The molecule has 0 saturated carbocycles. The number of nitrogens with zero attached hydrogens (tertiary/aromatic N) is 2. The molecule has 0 atom stereocenters. The molecule has 234 valence electrons. The van der Waals surface area contributed by atoms with Crippen molar-refractivity contribution in [2.45, 2.75) is 19.3 Å². The molecule has 0 saturated heterocycles. The molecule has 0 aliphatic heterocycles. The van der Waals surface area contributed by atoms with E-state index in [4.69, 9.17) is 4.98 Å². The first-order valence-electron chi connectivity index (χ1n) is 16.8. The average molecular weight is 647 g/mol. The first kappa shape index (κ1) is 29.4. The normalized spacial score (nSPS) is 12.9. The third-order valence-corrected chi connectivity index (χ3v) is 11.0. The minimum atomic E-state index is -0.113. The van der Waals surface area contributed by atoms with Gasteiger partial charge in [0.1, 0.15) is 5.01 Å². The lowest BCUT2D eigenvalue weighted by Crippen LogP contribution is -2.16. The quantitative estimate of drug-likeness (QED) is 0.179. The molecule has 0 bridgehead atoms. The highest BCUT2D eigenvalue weighted by molar-refractivity contribution is 7.21. The third-order valence-electron chi connectivity index (χ3n) is 9.87. The van der Waals surface area contributed by atoms with Gasteiger partial charge in [-0.25, -0.2) is 4.98 Å². The molecule has 3 heteroatoms. The Morgan fingerprint density at radius 3 is 1.67 bits per heavy atom. The second kappa shape index (κ2) is 11.7. The zero-order valence-electron chi connectivity index (χ0n) is 27.5. The summed E-state index contributed by atoms with van der Waals surface area (Å²) < 4.78 is 1.18. The largest absolute Gasteiger partial charge is 0.310 e. The van der Waals surface area contributed by atoms with Crippen molar-refractivity contribution >= 4 is 38.6 Å². The number of aromatic nitrogens is 1. The zero-order chi connectivity index (χ0) is 33.0. The maximum atomic E-state index is 5.14. The molecule has 1 heterocycles. The Hall–Kier alpha value is -5.77. The second-order valence-corrected chi connectivity index (χ2v) is 14.3. The number of rotatable bonds is 6. The molecule has 7 aromatic carbocycles. The summed E-state index contributed by atoms with van der Waals surface area (Å²) >= 11 is 1.74. The van der Waals surface area contributed by atoms with E-state index in [1.807, 2.05) is 0 Å². The summed E-state index contributed by atoms with van der Waals surface area (Å²) in [6, 6.07) is 61.4. The lowest BCUT2D eigenvalue weighted by molar-refractivity contribution is 0.660. The van der Waals surface area contributed by atoms with Gasteiger partial charge in [0.05, 0.1) is 10.2 Å². The predicted octanol–water partition coefficient (Wildman–Crippen LogP) is 13.1. The molecule has 1 aliphatic carbocycles. The molecule has 9 rings (SSSR count). The van der Waals surface area contributed by atoms with Gasteiger partial charge in [-0.1, -0.05) is 135 Å². The minimum absolute atomic E-state index is 0.113. The second-order valence-electron chi connectivity index (χ2n) is 13.3. The van der Waals surface area contributed by atoms with Crippen molar-refractivity contribution in [1.82, 2.24) is 4.98 Å². The fourth-order valence-electron chi connectivity index (χ4n) is 7.37. The van der Waals surface area contributed by atoms with Crippen molar-refractivity contribution in [3.05, 3.63) is 181 Å². The van der Waals surface area contributed by atoms with Gasteiger partial charge in [0.25, 0.3) is 0 Å². The number of hydrogen-bond acceptors (Lipinski definition) is 3. The molecular formula is C46H34N2S. The molecule has 0 unspecified atom stereocenters. The van der Waals surface area contributed by atoms with Crippen LogP contribution < -0.4 is 4.90 Å². The molecule has 0 fully saturated rings. The third kappa shape index (κ3) is 5.15. The molecule has 1 aliphatic rings. The van der Waals surface area contributed by atoms with Crippen molar-refractivity contribution in [2.24, 2.45) is 0 Å².